The maximum atomic E-state index is 13.4. The van der Waals surface area contributed by atoms with E-state index in [2.05, 4.69) is 15.6 Å². The first-order chi connectivity index (χ1) is 10.2. The molecule has 1 saturated carbocycles. The zero-order chi connectivity index (χ0) is 15.1. The number of guanidine groups is 1. The Kier molecular flexibility index (Phi) is 5.54. The summed E-state index contributed by atoms with van der Waals surface area (Å²) in [6, 6.07) is 6.30. The monoisotopic (exact) mass is 292 g/mol. The summed E-state index contributed by atoms with van der Waals surface area (Å²) in [6.07, 6.45) is 4.70. The highest BCUT2D eigenvalue weighted by Crippen LogP contribution is 2.17. The van der Waals surface area contributed by atoms with Crippen LogP contribution in [0.2, 0.25) is 0 Å². The van der Waals surface area contributed by atoms with Gasteiger partial charge in [0.1, 0.15) is 5.82 Å². The molecule has 0 saturated heterocycles. The van der Waals surface area contributed by atoms with Crippen molar-refractivity contribution in [2.45, 2.75) is 31.7 Å². The van der Waals surface area contributed by atoms with Gasteiger partial charge in [-0.2, -0.15) is 0 Å². The van der Waals surface area contributed by atoms with E-state index in [0.29, 0.717) is 25.1 Å². The number of hydrogen-bond donors (Lipinski definition) is 3. The van der Waals surface area contributed by atoms with E-state index in [1.807, 2.05) is 0 Å². The van der Waals surface area contributed by atoms with Gasteiger partial charge in [0.05, 0.1) is 12.1 Å². The molecule has 1 amide bonds. The molecule has 0 radical (unpaired) electrons. The first-order valence-electron chi connectivity index (χ1n) is 7.26. The Morgan fingerprint density at radius 3 is 2.76 bits per heavy atom. The minimum Gasteiger partial charge on any atom is -0.370 e. The molecule has 0 aromatic heterocycles. The molecule has 4 N–H and O–H groups in total. The Morgan fingerprint density at radius 1 is 1.33 bits per heavy atom. The molecule has 0 atom stereocenters. The van der Waals surface area contributed by atoms with Crippen LogP contribution in [0.1, 0.15) is 36.0 Å². The number of nitrogens with one attached hydrogen (secondary N) is 2. The fourth-order valence-corrected chi connectivity index (χ4v) is 2.41. The second-order valence-electron chi connectivity index (χ2n) is 5.13. The second kappa shape index (κ2) is 7.61. The molecule has 114 valence electrons. The third-order valence-electron chi connectivity index (χ3n) is 3.51. The molecular formula is C15H21FN4O. The Bertz CT molecular complexity index is 512. The topological polar surface area (TPSA) is 79.5 Å². The summed E-state index contributed by atoms with van der Waals surface area (Å²) in [6.45, 7) is 0.686. The number of halogens is 1. The Balaban J connectivity index is 1.71. The van der Waals surface area contributed by atoms with Crippen molar-refractivity contribution < 1.29 is 9.18 Å². The molecule has 6 heteroatoms. The lowest BCUT2D eigenvalue weighted by atomic mass is 10.2. The highest BCUT2D eigenvalue weighted by atomic mass is 19.1. The zero-order valence-corrected chi connectivity index (χ0v) is 11.9. The van der Waals surface area contributed by atoms with Crippen molar-refractivity contribution in [2.75, 3.05) is 13.1 Å². The van der Waals surface area contributed by atoms with Crippen LogP contribution in [-0.4, -0.2) is 31.0 Å². The van der Waals surface area contributed by atoms with Crippen molar-refractivity contribution >= 4 is 11.9 Å². The second-order valence-corrected chi connectivity index (χ2v) is 5.13. The highest BCUT2D eigenvalue weighted by Gasteiger charge is 2.14. The average molecular weight is 292 g/mol. The van der Waals surface area contributed by atoms with Crippen molar-refractivity contribution in [1.29, 1.82) is 0 Å². The van der Waals surface area contributed by atoms with Gasteiger partial charge in [-0.1, -0.05) is 25.0 Å². The van der Waals surface area contributed by atoms with Crippen molar-refractivity contribution in [2.24, 2.45) is 10.7 Å². The summed E-state index contributed by atoms with van der Waals surface area (Å²) in [5.41, 5.74) is 5.81. The number of carbonyl (C=O) groups is 1. The number of amides is 1. The summed E-state index contributed by atoms with van der Waals surface area (Å²) >= 11 is 0. The fraction of sp³-hybridized carbons (Fsp3) is 0.467. The number of carbonyl (C=O) groups excluding carboxylic acids is 1. The molecule has 1 aromatic carbocycles. The maximum Gasteiger partial charge on any atom is 0.254 e. The number of hydrogen-bond acceptors (Lipinski definition) is 2. The van der Waals surface area contributed by atoms with E-state index in [1.54, 1.807) is 12.1 Å². The van der Waals surface area contributed by atoms with E-state index in [9.17, 15) is 9.18 Å². The molecule has 0 bridgehead atoms. The van der Waals surface area contributed by atoms with Gasteiger partial charge >= 0.3 is 0 Å². The van der Waals surface area contributed by atoms with Crippen molar-refractivity contribution in [3.05, 3.63) is 35.6 Å². The van der Waals surface area contributed by atoms with Crippen LogP contribution < -0.4 is 16.4 Å². The van der Waals surface area contributed by atoms with Gasteiger partial charge in [-0.05, 0) is 25.0 Å². The zero-order valence-electron chi connectivity index (χ0n) is 11.9. The van der Waals surface area contributed by atoms with Crippen LogP contribution in [0.4, 0.5) is 4.39 Å². The maximum absolute atomic E-state index is 13.4. The quantitative estimate of drug-likeness (QED) is 0.436. The summed E-state index contributed by atoms with van der Waals surface area (Å²) < 4.78 is 13.4. The molecule has 1 aromatic rings. The van der Waals surface area contributed by atoms with E-state index in [0.717, 1.165) is 12.8 Å². The number of nitrogens with two attached hydrogens (primary N) is 1. The predicted octanol–water partition coefficient (Wildman–Crippen LogP) is 1.40. The lowest BCUT2D eigenvalue weighted by Gasteiger charge is -2.12. The van der Waals surface area contributed by atoms with Crippen LogP contribution in [0.3, 0.4) is 0 Å². The van der Waals surface area contributed by atoms with E-state index in [-0.39, 0.29) is 5.56 Å². The summed E-state index contributed by atoms with van der Waals surface area (Å²) in [5.74, 6) is -0.562. The largest absolute Gasteiger partial charge is 0.370 e. The molecule has 21 heavy (non-hydrogen) atoms. The minimum atomic E-state index is -0.527. The summed E-state index contributed by atoms with van der Waals surface area (Å²) in [7, 11) is 0. The third-order valence-corrected chi connectivity index (χ3v) is 3.51. The van der Waals surface area contributed by atoms with Gasteiger partial charge < -0.3 is 16.4 Å². The average Bonchev–Trinajstić information content (AvgIpc) is 2.96. The molecule has 5 nitrogen and oxygen atoms in total. The van der Waals surface area contributed by atoms with Gasteiger partial charge in [0.25, 0.3) is 5.91 Å². The molecule has 0 heterocycles. The van der Waals surface area contributed by atoms with E-state index in [1.165, 1.54) is 25.0 Å². The van der Waals surface area contributed by atoms with Crippen LogP contribution >= 0.6 is 0 Å². The number of nitrogens with zero attached hydrogens (tertiary/aromatic N) is 1. The van der Waals surface area contributed by atoms with Gasteiger partial charge in [0.2, 0.25) is 0 Å². The fourth-order valence-electron chi connectivity index (χ4n) is 2.41. The highest BCUT2D eigenvalue weighted by molar-refractivity contribution is 5.94. The standard InChI is InChI=1S/C15H21FN4O/c16-13-8-4-3-7-12(13)14(21)18-9-10-19-15(17)20-11-5-1-2-6-11/h3-4,7-8,11H,1-2,5-6,9-10H2,(H,18,21)(H3,17,19,20). The van der Waals surface area contributed by atoms with Gasteiger partial charge in [0, 0.05) is 12.6 Å². The Labute approximate surface area is 123 Å². The van der Waals surface area contributed by atoms with Crippen LogP contribution in [0.5, 0.6) is 0 Å². The van der Waals surface area contributed by atoms with Crippen LogP contribution in [-0.2, 0) is 0 Å². The first kappa shape index (κ1) is 15.3. The Hall–Kier alpha value is -2.11. The molecule has 2 rings (SSSR count). The molecule has 1 aliphatic rings. The number of rotatable bonds is 5. The summed E-state index contributed by atoms with van der Waals surface area (Å²) in [4.78, 5) is 15.9. The smallest absolute Gasteiger partial charge is 0.254 e. The first-order valence-corrected chi connectivity index (χ1v) is 7.26. The van der Waals surface area contributed by atoms with Gasteiger partial charge in [-0.25, -0.2) is 4.39 Å². The lowest BCUT2D eigenvalue weighted by molar-refractivity contribution is 0.0951. The molecule has 0 aliphatic heterocycles. The summed E-state index contributed by atoms with van der Waals surface area (Å²) in [5, 5.41) is 5.78. The number of aliphatic imine (C=N–C) groups is 1. The van der Waals surface area contributed by atoms with Crippen LogP contribution in [0, 0.1) is 5.82 Å². The number of benzene rings is 1. The molecule has 0 spiro atoms. The SMILES string of the molecule is NC(=NCCNC(=O)c1ccccc1F)NC1CCCC1. The molecule has 1 aliphatic carbocycles. The molecule has 0 unspecified atom stereocenters. The van der Waals surface area contributed by atoms with E-state index < -0.39 is 11.7 Å². The molecule has 1 fully saturated rings. The van der Waals surface area contributed by atoms with E-state index in [4.69, 9.17) is 5.73 Å². The van der Waals surface area contributed by atoms with Crippen molar-refractivity contribution in [3.8, 4) is 0 Å². The van der Waals surface area contributed by atoms with Crippen molar-refractivity contribution in [1.82, 2.24) is 10.6 Å². The normalized spacial score (nSPS) is 16.0. The van der Waals surface area contributed by atoms with E-state index >= 15 is 0 Å². The van der Waals surface area contributed by atoms with Gasteiger partial charge in [-0.3, -0.25) is 9.79 Å². The van der Waals surface area contributed by atoms with Crippen LogP contribution in [0.25, 0.3) is 0 Å². The van der Waals surface area contributed by atoms with Crippen LogP contribution in [0.15, 0.2) is 29.3 Å². The molecular weight excluding hydrogens is 271 g/mol. The van der Waals surface area contributed by atoms with Gasteiger partial charge in [-0.15, -0.1) is 0 Å². The Morgan fingerprint density at radius 2 is 2.05 bits per heavy atom. The third kappa shape index (κ3) is 4.73. The van der Waals surface area contributed by atoms with Crippen molar-refractivity contribution in [3.63, 3.8) is 0 Å². The van der Waals surface area contributed by atoms with Gasteiger partial charge in [0.15, 0.2) is 5.96 Å². The lowest BCUT2D eigenvalue weighted by Crippen LogP contribution is -2.39. The minimum absolute atomic E-state index is 0.0403. The predicted molar refractivity (Wildman–Crippen MR) is 80.6 cm³/mol.